The second-order valence-electron chi connectivity index (χ2n) is 7.03. The van der Waals surface area contributed by atoms with E-state index in [1.807, 2.05) is 47.0 Å². The number of carbonyl (C=O) groups excluding carboxylic acids is 1. The summed E-state index contributed by atoms with van der Waals surface area (Å²) >= 11 is 2.65. The molecule has 0 spiro atoms. The smallest absolute Gasteiger partial charge is 0.235 e. The number of thioether (sulfide) groups is 1. The summed E-state index contributed by atoms with van der Waals surface area (Å²) in [5, 5.41) is 23.7. The van der Waals surface area contributed by atoms with Gasteiger partial charge in [-0.3, -0.25) is 4.79 Å². The van der Waals surface area contributed by atoms with E-state index in [9.17, 15) is 4.79 Å². The number of thiophene rings is 1. The van der Waals surface area contributed by atoms with Gasteiger partial charge in [0.05, 0.1) is 18.4 Å². The van der Waals surface area contributed by atoms with Gasteiger partial charge in [0.15, 0.2) is 11.0 Å². The van der Waals surface area contributed by atoms with Gasteiger partial charge in [-0.05, 0) is 47.7 Å². The van der Waals surface area contributed by atoms with Crippen LogP contribution in [-0.4, -0.2) is 33.5 Å². The normalized spacial score (nSPS) is 10.5. The zero-order valence-corrected chi connectivity index (χ0v) is 19.5. The summed E-state index contributed by atoms with van der Waals surface area (Å²) in [4.78, 5) is 12.5. The molecule has 2 heterocycles. The van der Waals surface area contributed by atoms with E-state index < -0.39 is 0 Å². The summed E-state index contributed by atoms with van der Waals surface area (Å²) in [7, 11) is 1.63. The molecule has 0 unspecified atom stereocenters. The molecule has 0 fully saturated rings. The number of methoxy groups -OCH3 is 1. The van der Waals surface area contributed by atoms with Gasteiger partial charge in [0.2, 0.25) is 5.91 Å². The summed E-state index contributed by atoms with van der Waals surface area (Å²) in [6.07, 6.45) is 0.808. The molecule has 7 nitrogen and oxygen atoms in total. The van der Waals surface area contributed by atoms with E-state index in [1.54, 1.807) is 18.6 Å². The van der Waals surface area contributed by atoms with Crippen molar-refractivity contribution < 1.29 is 9.53 Å². The molecule has 166 valence electrons. The molecule has 0 saturated heterocycles. The molecular formula is C24H21N5O2S2. The summed E-state index contributed by atoms with van der Waals surface area (Å²) in [5.41, 5.74) is 2.60. The van der Waals surface area contributed by atoms with Crippen molar-refractivity contribution in [3.05, 3.63) is 77.2 Å². The molecule has 0 saturated carbocycles. The van der Waals surface area contributed by atoms with Gasteiger partial charge in [-0.15, -0.1) is 21.5 Å². The fraction of sp³-hybridized carbons (Fsp3) is 0.167. The molecule has 0 aliphatic rings. The van der Waals surface area contributed by atoms with Crippen LogP contribution in [0.15, 0.2) is 71.2 Å². The summed E-state index contributed by atoms with van der Waals surface area (Å²) in [5.74, 6) is 1.48. The first-order chi connectivity index (χ1) is 16.2. The number of rotatable bonds is 9. The maximum Gasteiger partial charge on any atom is 0.235 e. The fourth-order valence-electron chi connectivity index (χ4n) is 3.22. The topological polar surface area (TPSA) is 92.8 Å². The molecule has 9 heteroatoms. The number of hydrogen-bond donors (Lipinski definition) is 1. The number of aryl methyl sites for hydroxylation is 1. The Labute approximate surface area is 200 Å². The van der Waals surface area contributed by atoms with E-state index in [-0.39, 0.29) is 11.7 Å². The van der Waals surface area contributed by atoms with Crippen LogP contribution in [0.25, 0.3) is 11.4 Å². The highest BCUT2D eigenvalue weighted by atomic mass is 32.2. The number of nitrogens with one attached hydrogen (secondary N) is 1. The number of hydrogen-bond acceptors (Lipinski definition) is 7. The van der Waals surface area contributed by atoms with Crippen molar-refractivity contribution in [1.82, 2.24) is 14.8 Å². The molecule has 0 aliphatic carbocycles. The van der Waals surface area contributed by atoms with E-state index >= 15 is 0 Å². The Balaban J connectivity index is 1.52. The standard InChI is InChI=1S/C24H21N5O2S2/c1-31-20-9-7-18(8-10-20)22-27-28-24(29(22)13-11-17-5-3-2-4-6-17)33-16-21(30)26-23-19(15-25)12-14-32-23/h2-10,12,14H,11,13,16H2,1H3,(H,26,30). The van der Waals surface area contributed by atoms with Crippen molar-refractivity contribution in [2.45, 2.75) is 18.1 Å². The lowest BCUT2D eigenvalue weighted by atomic mass is 10.1. The molecule has 1 N–H and O–H groups in total. The molecule has 0 atom stereocenters. The minimum absolute atomic E-state index is 0.162. The minimum atomic E-state index is -0.192. The molecule has 0 bridgehead atoms. The van der Waals surface area contributed by atoms with Gasteiger partial charge in [-0.1, -0.05) is 42.1 Å². The minimum Gasteiger partial charge on any atom is -0.497 e. The average Bonchev–Trinajstić information content (AvgIpc) is 3.48. The van der Waals surface area contributed by atoms with Crippen LogP contribution in [0.2, 0.25) is 0 Å². The third kappa shape index (κ3) is 5.61. The van der Waals surface area contributed by atoms with Gasteiger partial charge in [0, 0.05) is 12.1 Å². The predicted octanol–water partition coefficient (Wildman–Crippen LogP) is 4.86. The Morgan fingerprint density at radius 1 is 1.15 bits per heavy atom. The van der Waals surface area contributed by atoms with Crippen molar-refractivity contribution in [1.29, 1.82) is 5.26 Å². The number of amides is 1. The first-order valence-electron chi connectivity index (χ1n) is 10.2. The van der Waals surface area contributed by atoms with E-state index in [1.165, 1.54) is 28.7 Å². The zero-order chi connectivity index (χ0) is 23.0. The lowest BCUT2D eigenvalue weighted by Crippen LogP contribution is -2.14. The van der Waals surface area contributed by atoms with Crippen molar-refractivity contribution in [3.63, 3.8) is 0 Å². The maximum absolute atomic E-state index is 12.5. The Bertz CT molecular complexity index is 1260. The average molecular weight is 476 g/mol. The van der Waals surface area contributed by atoms with Crippen LogP contribution in [-0.2, 0) is 17.8 Å². The molecule has 4 rings (SSSR count). The van der Waals surface area contributed by atoms with E-state index in [0.29, 0.717) is 22.3 Å². The summed E-state index contributed by atoms with van der Waals surface area (Å²) in [6, 6.07) is 21.7. The highest BCUT2D eigenvalue weighted by molar-refractivity contribution is 7.99. The van der Waals surface area contributed by atoms with Crippen molar-refractivity contribution >= 4 is 34.0 Å². The monoisotopic (exact) mass is 475 g/mol. The quantitative estimate of drug-likeness (QED) is 0.348. The van der Waals surface area contributed by atoms with E-state index in [4.69, 9.17) is 10.00 Å². The first kappa shape index (κ1) is 22.6. The van der Waals surface area contributed by atoms with Crippen molar-refractivity contribution in [2.75, 3.05) is 18.2 Å². The lowest BCUT2D eigenvalue weighted by Gasteiger charge is -2.11. The van der Waals surface area contributed by atoms with Gasteiger partial charge in [0.25, 0.3) is 0 Å². The van der Waals surface area contributed by atoms with Crippen molar-refractivity contribution in [2.24, 2.45) is 0 Å². The van der Waals surface area contributed by atoms with Crippen LogP contribution in [0.3, 0.4) is 0 Å². The summed E-state index contributed by atoms with van der Waals surface area (Å²) < 4.78 is 7.30. The van der Waals surface area contributed by atoms with Gasteiger partial charge in [-0.2, -0.15) is 5.26 Å². The number of nitrogens with zero attached hydrogens (tertiary/aromatic N) is 4. The molecule has 33 heavy (non-hydrogen) atoms. The lowest BCUT2D eigenvalue weighted by molar-refractivity contribution is -0.113. The van der Waals surface area contributed by atoms with Gasteiger partial charge in [0.1, 0.15) is 16.8 Å². The third-order valence-corrected chi connectivity index (χ3v) is 6.70. The van der Waals surface area contributed by atoms with Gasteiger partial charge < -0.3 is 14.6 Å². The van der Waals surface area contributed by atoms with E-state index in [0.717, 1.165) is 23.6 Å². The van der Waals surface area contributed by atoms with Gasteiger partial charge in [-0.25, -0.2) is 0 Å². The fourth-order valence-corrected chi connectivity index (χ4v) is 4.74. The molecule has 1 amide bonds. The Morgan fingerprint density at radius 2 is 1.94 bits per heavy atom. The highest BCUT2D eigenvalue weighted by Crippen LogP contribution is 2.27. The number of anilines is 1. The zero-order valence-electron chi connectivity index (χ0n) is 17.9. The summed E-state index contributed by atoms with van der Waals surface area (Å²) in [6.45, 7) is 0.672. The van der Waals surface area contributed by atoms with Crippen LogP contribution < -0.4 is 10.1 Å². The molecule has 0 radical (unpaired) electrons. The maximum atomic E-state index is 12.5. The third-order valence-electron chi connectivity index (χ3n) is 4.90. The largest absolute Gasteiger partial charge is 0.497 e. The Kier molecular flexibility index (Phi) is 7.40. The van der Waals surface area contributed by atoms with Crippen LogP contribution in [0.4, 0.5) is 5.00 Å². The first-order valence-corrected chi connectivity index (χ1v) is 12.1. The molecule has 2 aromatic carbocycles. The van der Waals surface area contributed by atoms with Gasteiger partial charge >= 0.3 is 0 Å². The van der Waals surface area contributed by atoms with Crippen LogP contribution >= 0.6 is 23.1 Å². The van der Waals surface area contributed by atoms with Crippen LogP contribution in [0.1, 0.15) is 11.1 Å². The second kappa shape index (κ2) is 10.8. The molecule has 2 aromatic heterocycles. The second-order valence-corrected chi connectivity index (χ2v) is 8.89. The van der Waals surface area contributed by atoms with Crippen molar-refractivity contribution in [3.8, 4) is 23.2 Å². The van der Waals surface area contributed by atoms with Crippen LogP contribution in [0, 0.1) is 11.3 Å². The molecule has 0 aliphatic heterocycles. The SMILES string of the molecule is COc1ccc(-c2nnc(SCC(=O)Nc3sccc3C#N)n2CCc2ccccc2)cc1. The number of ether oxygens (including phenoxy) is 1. The Hall–Kier alpha value is -3.61. The number of aromatic nitrogens is 3. The molecule has 4 aromatic rings. The van der Waals surface area contributed by atoms with Crippen LogP contribution in [0.5, 0.6) is 5.75 Å². The Morgan fingerprint density at radius 3 is 2.67 bits per heavy atom. The number of nitriles is 1. The molecular weight excluding hydrogens is 454 g/mol. The highest BCUT2D eigenvalue weighted by Gasteiger charge is 2.17. The number of benzene rings is 2. The predicted molar refractivity (Wildman–Crippen MR) is 131 cm³/mol. The number of carbonyl (C=O) groups is 1. The van der Waals surface area contributed by atoms with E-state index in [2.05, 4.69) is 33.7 Å².